The number of methoxy groups -OCH3 is 1. The van der Waals surface area contributed by atoms with Gasteiger partial charge in [0, 0.05) is 19.0 Å². The highest BCUT2D eigenvalue weighted by molar-refractivity contribution is 5.89. The van der Waals surface area contributed by atoms with Crippen LogP contribution in [0.3, 0.4) is 0 Å². The van der Waals surface area contributed by atoms with Crippen molar-refractivity contribution in [2.24, 2.45) is 0 Å². The van der Waals surface area contributed by atoms with Crippen LogP contribution in [0.15, 0.2) is 47.1 Å². The predicted molar refractivity (Wildman–Crippen MR) is 85.9 cm³/mol. The summed E-state index contributed by atoms with van der Waals surface area (Å²) in [5.41, 5.74) is 0.888. The molecule has 6 nitrogen and oxygen atoms in total. The van der Waals surface area contributed by atoms with E-state index < -0.39 is 0 Å². The normalized spacial score (nSPS) is 10.8. The quantitative estimate of drug-likeness (QED) is 0.653. The van der Waals surface area contributed by atoms with Gasteiger partial charge >= 0.3 is 0 Å². The van der Waals surface area contributed by atoms with Crippen LogP contribution in [0.1, 0.15) is 5.76 Å². The average Bonchev–Trinajstić information content (AvgIpc) is 3.06. The largest absolute Gasteiger partial charge is 0.467 e. The summed E-state index contributed by atoms with van der Waals surface area (Å²) in [4.78, 5) is 9.05. The van der Waals surface area contributed by atoms with E-state index in [0.29, 0.717) is 25.6 Å². The Kier molecular flexibility index (Phi) is 4.50. The molecule has 0 aliphatic carbocycles. The molecule has 0 amide bonds. The highest BCUT2D eigenvalue weighted by Crippen LogP contribution is 2.22. The summed E-state index contributed by atoms with van der Waals surface area (Å²) in [6, 6.07) is 11.7. The molecular formula is C16H18N4O2. The Morgan fingerprint density at radius 3 is 2.82 bits per heavy atom. The minimum Gasteiger partial charge on any atom is -0.467 e. The molecule has 0 unspecified atom stereocenters. The summed E-state index contributed by atoms with van der Waals surface area (Å²) in [6.07, 6.45) is 1.66. The lowest BCUT2D eigenvalue weighted by Gasteiger charge is -2.11. The van der Waals surface area contributed by atoms with Crippen LogP contribution < -0.4 is 10.6 Å². The van der Waals surface area contributed by atoms with E-state index in [-0.39, 0.29) is 0 Å². The molecule has 0 saturated heterocycles. The van der Waals surface area contributed by atoms with E-state index >= 15 is 0 Å². The third-order valence-corrected chi connectivity index (χ3v) is 3.20. The number of fused-ring (bicyclic) bond motifs is 1. The van der Waals surface area contributed by atoms with Gasteiger partial charge in [-0.15, -0.1) is 0 Å². The second-order valence-electron chi connectivity index (χ2n) is 4.77. The molecule has 0 saturated carbocycles. The van der Waals surface area contributed by atoms with E-state index in [1.807, 2.05) is 36.4 Å². The number of aromatic nitrogens is 2. The molecule has 114 valence electrons. The second kappa shape index (κ2) is 6.91. The van der Waals surface area contributed by atoms with Gasteiger partial charge < -0.3 is 19.8 Å². The van der Waals surface area contributed by atoms with Crippen molar-refractivity contribution in [3.63, 3.8) is 0 Å². The standard InChI is InChI=1S/C16H18N4O2/c1-21-10-8-17-16-19-14-7-3-2-6-13(14)15(20-16)18-11-12-5-4-9-22-12/h2-7,9H,8,10-11H2,1H3,(H2,17,18,19,20). The van der Waals surface area contributed by atoms with E-state index in [0.717, 1.165) is 22.5 Å². The van der Waals surface area contributed by atoms with Crippen LogP contribution in [0.2, 0.25) is 0 Å². The molecule has 0 radical (unpaired) electrons. The number of rotatable bonds is 7. The Hall–Kier alpha value is -2.60. The molecule has 0 spiro atoms. The van der Waals surface area contributed by atoms with Crippen molar-refractivity contribution < 1.29 is 9.15 Å². The predicted octanol–water partition coefficient (Wildman–Crippen LogP) is 2.89. The van der Waals surface area contributed by atoms with Crippen molar-refractivity contribution in [1.29, 1.82) is 0 Å². The van der Waals surface area contributed by atoms with Crippen molar-refractivity contribution in [2.45, 2.75) is 6.54 Å². The van der Waals surface area contributed by atoms with Crippen molar-refractivity contribution in [2.75, 3.05) is 30.9 Å². The number of benzene rings is 1. The summed E-state index contributed by atoms with van der Waals surface area (Å²) in [7, 11) is 1.67. The Balaban J connectivity index is 1.84. The number of para-hydroxylation sites is 1. The molecule has 22 heavy (non-hydrogen) atoms. The molecule has 3 aromatic rings. The maximum atomic E-state index is 5.34. The van der Waals surface area contributed by atoms with Crippen molar-refractivity contribution in [1.82, 2.24) is 9.97 Å². The average molecular weight is 298 g/mol. The van der Waals surface area contributed by atoms with Crippen molar-refractivity contribution >= 4 is 22.7 Å². The van der Waals surface area contributed by atoms with Crippen LogP contribution in [-0.4, -0.2) is 30.2 Å². The molecule has 2 heterocycles. The highest BCUT2D eigenvalue weighted by atomic mass is 16.5. The van der Waals surface area contributed by atoms with Gasteiger partial charge in [0.25, 0.3) is 0 Å². The summed E-state index contributed by atoms with van der Waals surface area (Å²) in [5, 5.41) is 7.44. The SMILES string of the molecule is COCCNc1nc(NCc2ccco2)c2ccccc2n1. The fourth-order valence-electron chi connectivity index (χ4n) is 2.14. The Labute approximate surface area is 128 Å². The van der Waals surface area contributed by atoms with Crippen LogP contribution in [0.5, 0.6) is 0 Å². The molecule has 0 atom stereocenters. The molecule has 2 aromatic heterocycles. The van der Waals surface area contributed by atoms with Crippen molar-refractivity contribution in [3.05, 3.63) is 48.4 Å². The number of furan rings is 1. The number of ether oxygens (including phenoxy) is 1. The van der Waals surface area contributed by atoms with Crippen LogP contribution in [0, 0.1) is 0 Å². The van der Waals surface area contributed by atoms with Crippen LogP contribution in [0.25, 0.3) is 10.9 Å². The maximum Gasteiger partial charge on any atom is 0.225 e. The Morgan fingerprint density at radius 2 is 2.00 bits per heavy atom. The molecule has 0 aliphatic heterocycles. The first kappa shape index (κ1) is 14.3. The molecule has 3 rings (SSSR count). The Bertz CT molecular complexity index is 728. The van der Waals surface area contributed by atoms with E-state index in [4.69, 9.17) is 9.15 Å². The van der Waals surface area contributed by atoms with Crippen LogP contribution in [-0.2, 0) is 11.3 Å². The molecule has 0 aliphatic rings. The van der Waals surface area contributed by atoms with Crippen LogP contribution >= 0.6 is 0 Å². The zero-order valence-electron chi connectivity index (χ0n) is 12.4. The number of nitrogens with zero attached hydrogens (tertiary/aromatic N) is 2. The topological polar surface area (TPSA) is 72.2 Å². The fourth-order valence-corrected chi connectivity index (χ4v) is 2.14. The summed E-state index contributed by atoms with van der Waals surface area (Å²) >= 11 is 0. The zero-order chi connectivity index (χ0) is 15.2. The number of anilines is 2. The summed E-state index contributed by atoms with van der Waals surface area (Å²) in [6.45, 7) is 1.84. The van der Waals surface area contributed by atoms with E-state index in [1.54, 1.807) is 13.4 Å². The van der Waals surface area contributed by atoms with Crippen LogP contribution in [0.4, 0.5) is 11.8 Å². The lowest BCUT2D eigenvalue weighted by atomic mass is 10.2. The molecule has 6 heteroatoms. The first-order valence-electron chi connectivity index (χ1n) is 7.12. The van der Waals surface area contributed by atoms with Crippen molar-refractivity contribution in [3.8, 4) is 0 Å². The molecule has 0 fully saturated rings. The highest BCUT2D eigenvalue weighted by Gasteiger charge is 2.07. The number of nitrogens with one attached hydrogen (secondary N) is 2. The van der Waals surface area contributed by atoms with Gasteiger partial charge in [-0.3, -0.25) is 0 Å². The minimum atomic E-state index is 0.575. The van der Waals surface area contributed by atoms with E-state index in [1.165, 1.54) is 0 Å². The van der Waals surface area contributed by atoms with Gasteiger partial charge in [0.05, 0.1) is 24.9 Å². The third kappa shape index (κ3) is 3.35. The van der Waals surface area contributed by atoms with E-state index in [9.17, 15) is 0 Å². The zero-order valence-corrected chi connectivity index (χ0v) is 12.4. The second-order valence-corrected chi connectivity index (χ2v) is 4.77. The monoisotopic (exact) mass is 298 g/mol. The number of hydrogen-bond donors (Lipinski definition) is 2. The van der Waals surface area contributed by atoms with Gasteiger partial charge in [-0.25, -0.2) is 4.98 Å². The Morgan fingerprint density at radius 1 is 1.09 bits per heavy atom. The summed E-state index contributed by atoms with van der Waals surface area (Å²) < 4.78 is 10.4. The molecule has 0 bridgehead atoms. The lowest BCUT2D eigenvalue weighted by Crippen LogP contribution is -2.12. The lowest BCUT2D eigenvalue weighted by molar-refractivity contribution is 0.210. The van der Waals surface area contributed by atoms with Gasteiger partial charge in [0.1, 0.15) is 11.6 Å². The molecule has 1 aromatic carbocycles. The van der Waals surface area contributed by atoms with Gasteiger partial charge in [0.15, 0.2) is 0 Å². The van der Waals surface area contributed by atoms with Gasteiger partial charge in [0.2, 0.25) is 5.95 Å². The third-order valence-electron chi connectivity index (χ3n) is 3.20. The number of hydrogen-bond acceptors (Lipinski definition) is 6. The van der Waals surface area contributed by atoms with E-state index in [2.05, 4.69) is 20.6 Å². The first-order chi connectivity index (χ1) is 10.9. The summed E-state index contributed by atoms with van der Waals surface area (Å²) in [5.74, 6) is 2.22. The smallest absolute Gasteiger partial charge is 0.225 e. The van der Waals surface area contributed by atoms with Gasteiger partial charge in [-0.2, -0.15) is 4.98 Å². The first-order valence-corrected chi connectivity index (χ1v) is 7.12. The fraction of sp³-hybridized carbons (Fsp3) is 0.250. The molecule has 2 N–H and O–H groups in total. The molecular weight excluding hydrogens is 280 g/mol. The minimum absolute atomic E-state index is 0.575. The van der Waals surface area contributed by atoms with Gasteiger partial charge in [-0.1, -0.05) is 12.1 Å². The van der Waals surface area contributed by atoms with Gasteiger partial charge in [-0.05, 0) is 24.3 Å². The maximum absolute atomic E-state index is 5.34.